The molecular weight excluding hydrogens is 378 g/mol. The fourth-order valence-electron chi connectivity index (χ4n) is 2.35. The molecule has 0 spiro atoms. The molecule has 1 N–H and O–H groups in total. The van der Waals surface area contributed by atoms with Crippen LogP contribution in [0.2, 0.25) is 0 Å². The monoisotopic (exact) mass is 395 g/mol. The van der Waals surface area contributed by atoms with Crippen LogP contribution in [0.1, 0.15) is 36.1 Å². The maximum absolute atomic E-state index is 3.64. The summed E-state index contributed by atoms with van der Waals surface area (Å²) in [5.41, 5.74) is 5.02. The molecule has 0 fully saturated rings. The van der Waals surface area contributed by atoms with Gasteiger partial charge >= 0.3 is 0 Å². The maximum atomic E-state index is 3.64. The Labute approximate surface area is 138 Å². The van der Waals surface area contributed by atoms with Crippen molar-refractivity contribution in [3.8, 4) is 0 Å². The van der Waals surface area contributed by atoms with Gasteiger partial charge in [-0.1, -0.05) is 50.9 Å². The Morgan fingerprint density at radius 3 is 2.05 bits per heavy atom. The molecular formula is C17H19Br2N. The summed E-state index contributed by atoms with van der Waals surface area (Å²) < 4.78 is 2.31. The van der Waals surface area contributed by atoms with Crippen molar-refractivity contribution in [2.45, 2.75) is 33.2 Å². The van der Waals surface area contributed by atoms with E-state index < -0.39 is 0 Å². The van der Waals surface area contributed by atoms with E-state index in [0.29, 0.717) is 6.04 Å². The predicted octanol–water partition coefficient (Wildman–Crippen LogP) is 6.39. The van der Waals surface area contributed by atoms with Gasteiger partial charge in [-0.15, -0.1) is 0 Å². The molecule has 0 saturated carbocycles. The molecule has 0 radical (unpaired) electrons. The van der Waals surface area contributed by atoms with Gasteiger partial charge in [0.05, 0.1) is 6.04 Å². The van der Waals surface area contributed by atoms with Gasteiger partial charge in [0, 0.05) is 14.6 Å². The Kier molecular flexibility index (Phi) is 5.28. The first-order chi connectivity index (χ1) is 9.51. The highest BCUT2D eigenvalue weighted by molar-refractivity contribution is 9.10. The van der Waals surface area contributed by atoms with Crippen LogP contribution in [0.3, 0.4) is 0 Å². The van der Waals surface area contributed by atoms with E-state index >= 15 is 0 Å². The van der Waals surface area contributed by atoms with E-state index in [-0.39, 0.29) is 0 Å². The van der Waals surface area contributed by atoms with E-state index in [2.05, 4.69) is 94.3 Å². The number of halogens is 2. The minimum Gasteiger partial charge on any atom is -0.378 e. The molecule has 1 unspecified atom stereocenters. The van der Waals surface area contributed by atoms with Gasteiger partial charge in [0.2, 0.25) is 0 Å². The van der Waals surface area contributed by atoms with Gasteiger partial charge in [0.1, 0.15) is 0 Å². The average Bonchev–Trinajstić information content (AvgIpc) is 2.43. The lowest BCUT2D eigenvalue weighted by atomic mass is 10.0. The molecule has 2 aromatic rings. The molecule has 1 nitrogen and oxygen atoms in total. The second kappa shape index (κ2) is 6.77. The van der Waals surface area contributed by atoms with Crippen molar-refractivity contribution in [1.29, 1.82) is 0 Å². The summed E-state index contributed by atoms with van der Waals surface area (Å²) >= 11 is 7.10. The minimum absolute atomic E-state index is 0.336. The normalized spacial score (nSPS) is 12.2. The van der Waals surface area contributed by atoms with Crippen molar-refractivity contribution >= 4 is 37.5 Å². The van der Waals surface area contributed by atoms with Gasteiger partial charge in [0.25, 0.3) is 0 Å². The van der Waals surface area contributed by atoms with E-state index in [9.17, 15) is 0 Å². The zero-order valence-corrected chi connectivity index (χ0v) is 15.2. The van der Waals surface area contributed by atoms with E-state index in [1.54, 1.807) is 0 Å². The summed E-state index contributed by atoms with van der Waals surface area (Å²) in [4.78, 5) is 0. The molecule has 2 rings (SSSR count). The number of aryl methyl sites for hydroxylation is 2. The van der Waals surface area contributed by atoms with Crippen LogP contribution in [0.4, 0.5) is 5.69 Å². The number of anilines is 1. The smallest absolute Gasteiger partial charge is 0.0511 e. The van der Waals surface area contributed by atoms with Crippen LogP contribution in [0.25, 0.3) is 0 Å². The number of rotatable bonds is 4. The molecule has 0 heterocycles. The lowest BCUT2D eigenvalue weighted by Gasteiger charge is -2.20. The second-order valence-electron chi connectivity index (χ2n) is 5.08. The number of benzene rings is 2. The third-order valence-electron chi connectivity index (χ3n) is 3.46. The minimum atomic E-state index is 0.336. The summed E-state index contributed by atoms with van der Waals surface area (Å²) in [6.07, 6.45) is 1.05. The Morgan fingerprint density at radius 1 is 1.00 bits per heavy atom. The number of nitrogens with one attached hydrogen (secondary N) is 1. The molecule has 0 bridgehead atoms. The molecule has 20 heavy (non-hydrogen) atoms. The van der Waals surface area contributed by atoms with Crippen molar-refractivity contribution in [3.63, 3.8) is 0 Å². The molecule has 0 amide bonds. The standard InChI is InChI=1S/C17H19Br2N/c1-4-16(13-5-7-14(18)8-6-13)20-15-9-11(2)17(19)12(3)10-15/h5-10,16,20H,4H2,1-3H3. The third kappa shape index (κ3) is 3.64. The molecule has 0 saturated heterocycles. The van der Waals surface area contributed by atoms with Crippen LogP contribution in [0.15, 0.2) is 45.3 Å². The molecule has 1 atom stereocenters. The zero-order valence-electron chi connectivity index (χ0n) is 12.0. The summed E-state index contributed by atoms with van der Waals surface area (Å²) in [6.45, 7) is 6.46. The van der Waals surface area contributed by atoms with Crippen LogP contribution >= 0.6 is 31.9 Å². The molecule has 0 aliphatic heterocycles. The Balaban J connectivity index is 2.24. The quantitative estimate of drug-likeness (QED) is 0.630. The lowest BCUT2D eigenvalue weighted by molar-refractivity contribution is 0.749. The third-order valence-corrected chi connectivity index (χ3v) is 5.24. The van der Waals surface area contributed by atoms with Crippen LogP contribution in [-0.4, -0.2) is 0 Å². The zero-order chi connectivity index (χ0) is 14.7. The molecule has 106 valence electrons. The van der Waals surface area contributed by atoms with E-state index in [4.69, 9.17) is 0 Å². The van der Waals surface area contributed by atoms with Gasteiger partial charge in [-0.25, -0.2) is 0 Å². The second-order valence-corrected chi connectivity index (χ2v) is 6.79. The van der Waals surface area contributed by atoms with Crippen molar-refractivity contribution in [3.05, 3.63) is 62.0 Å². The SMILES string of the molecule is CCC(Nc1cc(C)c(Br)c(C)c1)c1ccc(Br)cc1. The molecule has 0 aromatic heterocycles. The average molecular weight is 397 g/mol. The predicted molar refractivity (Wildman–Crippen MR) is 94.4 cm³/mol. The lowest BCUT2D eigenvalue weighted by Crippen LogP contribution is -2.10. The molecule has 0 aliphatic rings. The summed E-state index contributed by atoms with van der Waals surface area (Å²) in [5.74, 6) is 0. The largest absolute Gasteiger partial charge is 0.378 e. The Hall–Kier alpha value is -0.800. The van der Waals surface area contributed by atoms with Crippen molar-refractivity contribution in [2.24, 2.45) is 0 Å². The van der Waals surface area contributed by atoms with E-state index in [1.807, 2.05) is 0 Å². The van der Waals surface area contributed by atoms with Gasteiger partial charge in [0.15, 0.2) is 0 Å². The van der Waals surface area contributed by atoms with Crippen LogP contribution in [0.5, 0.6) is 0 Å². The molecule has 3 heteroatoms. The highest BCUT2D eigenvalue weighted by Gasteiger charge is 2.10. The number of hydrogen-bond donors (Lipinski definition) is 1. The van der Waals surface area contributed by atoms with Gasteiger partial charge in [-0.05, 0) is 61.2 Å². The first-order valence-electron chi connectivity index (χ1n) is 6.80. The van der Waals surface area contributed by atoms with Gasteiger partial charge in [-0.2, -0.15) is 0 Å². The fourth-order valence-corrected chi connectivity index (χ4v) is 2.84. The van der Waals surface area contributed by atoms with E-state index in [1.165, 1.54) is 26.9 Å². The first-order valence-corrected chi connectivity index (χ1v) is 8.38. The first kappa shape index (κ1) is 15.6. The topological polar surface area (TPSA) is 12.0 Å². The Bertz CT molecular complexity index is 567. The van der Waals surface area contributed by atoms with Crippen LogP contribution < -0.4 is 5.32 Å². The van der Waals surface area contributed by atoms with Crippen molar-refractivity contribution in [2.75, 3.05) is 5.32 Å². The van der Waals surface area contributed by atoms with E-state index in [0.717, 1.165) is 10.9 Å². The molecule has 0 aliphatic carbocycles. The Morgan fingerprint density at radius 2 is 1.55 bits per heavy atom. The summed E-state index contributed by atoms with van der Waals surface area (Å²) in [5, 5.41) is 3.64. The molecule has 2 aromatic carbocycles. The number of hydrogen-bond acceptors (Lipinski definition) is 1. The van der Waals surface area contributed by atoms with Gasteiger partial charge < -0.3 is 5.32 Å². The van der Waals surface area contributed by atoms with Crippen molar-refractivity contribution in [1.82, 2.24) is 0 Å². The van der Waals surface area contributed by atoms with Crippen molar-refractivity contribution < 1.29 is 0 Å². The summed E-state index contributed by atoms with van der Waals surface area (Å²) in [7, 11) is 0. The van der Waals surface area contributed by atoms with Gasteiger partial charge in [-0.3, -0.25) is 0 Å². The summed E-state index contributed by atoms with van der Waals surface area (Å²) in [6, 6.07) is 13.3. The highest BCUT2D eigenvalue weighted by Crippen LogP contribution is 2.29. The van der Waals surface area contributed by atoms with Crippen LogP contribution in [-0.2, 0) is 0 Å². The fraction of sp³-hybridized carbons (Fsp3) is 0.294. The van der Waals surface area contributed by atoms with Crippen LogP contribution in [0, 0.1) is 13.8 Å². The maximum Gasteiger partial charge on any atom is 0.0511 e. The highest BCUT2D eigenvalue weighted by atomic mass is 79.9.